The van der Waals surface area contributed by atoms with Crippen LogP contribution in [0, 0.1) is 0 Å². The van der Waals surface area contributed by atoms with Crippen molar-refractivity contribution < 1.29 is 23.5 Å². The van der Waals surface area contributed by atoms with Crippen molar-refractivity contribution in [2.24, 2.45) is 0 Å². The zero-order chi connectivity index (χ0) is 20.3. The molecule has 0 atom stereocenters. The van der Waals surface area contributed by atoms with Crippen LogP contribution in [0.2, 0.25) is 0 Å². The number of nitrogens with one attached hydrogen (secondary N) is 1. The molecule has 3 aromatic rings. The molecule has 2 amide bonds. The monoisotopic (exact) mass is 402 g/mol. The largest absolute Gasteiger partial charge is 0.494 e. The summed E-state index contributed by atoms with van der Waals surface area (Å²) in [5, 5.41) is 3.22. The number of amides is 2. The number of fused-ring (bicyclic) bond motifs is 1. The smallest absolute Gasteiger partial charge is 0.351 e. The van der Waals surface area contributed by atoms with Crippen LogP contribution >= 0.6 is 11.3 Å². The van der Waals surface area contributed by atoms with Crippen LogP contribution in [0.5, 0.6) is 5.75 Å². The number of urea groups is 1. The van der Waals surface area contributed by atoms with Gasteiger partial charge < -0.3 is 13.9 Å². The number of thiophene rings is 1. The first-order valence-corrected chi connectivity index (χ1v) is 9.18. The number of carbonyl (C=O) groups excluding carboxylic acids is 2. The van der Waals surface area contributed by atoms with Gasteiger partial charge in [0, 0.05) is 18.8 Å². The lowest BCUT2D eigenvalue weighted by molar-refractivity contribution is 0.0596. The number of hydrogen-bond acceptors (Lipinski definition) is 7. The highest BCUT2D eigenvalue weighted by atomic mass is 32.1. The van der Waals surface area contributed by atoms with Gasteiger partial charge in [0.1, 0.15) is 16.3 Å². The number of ether oxygens (including phenoxy) is 2. The fourth-order valence-corrected chi connectivity index (χ4v) is 3.39. The third-order valence-electron chi connectivity index (χ3n) is 3.90. The molecular weight excluding hydrogens is 384 g/mol. The minimum atomic E-state index is -0.790. The van der Waals surface area contributed by atoms with Gasteiger partial charge in [-0.1, -0.05) is 0 Å². The van der Waals surface area contributed by atoms with Crippen LogP contribution in [0.4, 0.5) is 15.5 Å². The molecular formula is C19H18N2O6S. The first-order chi connectivity index (χ1) is 13.4. The van der Waals surface area contributed by atoms with Gasteiger partial charge in [0.15, 0.2) is 5.58 Å². The second-order valence-corrected chi connectivity index (χ2v) is 6.78. The fraction of sp³-hybridized carbons (Fsp3) is 0.211. The summed E-state index contributed by atoms with van der Waals surface area (Å²) in [4.78, 5) is 37.4. The number of rotatable bonds is 5. The highest BCUT2D eigenvalue weighted by Crippen LogP contribution is 2.30. The van der Waals surface area contributed by atoms with Crippen LogP contribution in [-0.4, -0.2) is 32.8 Å². The standard InChI is InChI=1S/C19H18N2O6S/c1-4-26-12-7-5-11(6-8-12)21(2)19(24)20-16-10-14-15(28-16)9-13(17(22)25-3)18(23)27-14/h5-10H,4H2,1-3H3,(H,20,24). The van der Waals surface area contributed by atoms with E-state index in [0.717, 1.165) is 5.75 Å². The molecule has 146 valence electrons. The van der Waals surface area contributed by atoms with E-state index in [4.69, 9.17) is 9.15 Å². The molecule has 1 aromatic carbocycles. The minimum absolute atomic E-state index is 0.193. The number of nitrogens with zero attached hydrogens (tertiary/aromatic N) is 1. The van der Waals surface area contributed by atoms with E-state index in [1.165, 1.54) is 35.5 Å². The van der Waals surface area contributed by atoms with Gasteiger partial charge in [0.25, 0.3) is 0 Å². The van der Waals surface area contributed by atoms with E-state index in [-0.39, 0.29) is 17.2 Å². The van der Waals surface area contributed by atoms with Gasteiger partial charge in [-0.05, 0) is 37.3 Å². The normalized spacial score (nSPS) is 10.5. The zero-order valence-corrected chi connectivity index (χ0v) is 16.3. The number of benzene rings is 1. The average molecular weight is 402 g/mol. The third-order valence-corrected chi connectivity index (χ3v) is 4.88. The Kier molecular flexibility index (Phi) is 5.65. The maximum absolute atomic E-state index is 12.5. The molecule has 0 unspecified atom stereocenters. The summed E-state index contributed by atoms with van der Waals surface area (Å²) in [6.07, 6.45) is 0. The van der Waals surface area contributed by atoms with E-state index in [1.807, 2.05) is 6.92 Å². The molecule has 0 fully saturated rings. The molecule has 9 heteroatoms. The molecule has 0 spiro atoms. The quantitative estimate of drug-likeness (QED) is 0.654. The maximum Gasteiger partial charge on any atom is 0.351 e. The topological polar surface area (TPSA) is 98.1 Å². The lowest BCUT2D eigenvalue weighted by atomic mass is 10.3. The van der Waals surface area contributed by atoms with E-state index in [1.54, 1.807) is 31.3 Å². The predicted octanol–water partition coefficient (Wildman–Crippen LogP) is 3.71. The molecule has 0 bridgehead atoms. The number of carbonyl (C=O) groups is 2. The second kappa shape index (κ2) is 8.13. The van der Waals surface area contributed by atoms with Crippen molar-refractivity contribution in [3.05, 3.63) is 52.4 Å². The number of esters is 1. The van der Waals surface area contributed by atoms with Crippen molar-refractivity contribution >= 4 is 44.3 Å². The van der Waals surface area contributed by atoms with E-state index < -0.39 is 11.6 Å². The summed E-state index contributed by atoms with van der Waals surface area (Å²) in [6, 6.07) is 9.67. The Morgan fingerprint density at radius 2 is 1.93 bits per heavy atom. The number of hydrogen-bond donors (Lipinski definition) is 1. The molecule has 2 heterocycles. The molecule has 2 aromatic heterocycles. The summed E-state index contributed by atoms with van der Waals surface area (Å²) in [5.41, 5.74) is -0.0222. The number of anilines is 2. The van der Waals surface area contributed by atoms with Gasteiger partial charge in [-0.3, -0.25) is 10.2 Å². The molecule has 0 aliphatic heterocycles. The summed E-state index contributed by atoms with van der Waals surface area (Å²) >= 11 is 1.18. The van der Waals surface area contributed by atoms with Gasteiger partial charge in [0.05, 0.1) is 18.4 Å². The first kappa shape index (κ1) is 19.4. The van der Waals surface area contributed by atoms with Crippen molar-refractivity contribution in [3.8, 4) is 5.75 Å². The third kappa shape index (κ3) is 3.99. The van der Waals surface area contributed by atoms with Gasteiger partial charge in [-0.25, -0.2) is 14.4 Å². The van der Waals surface area contributed by atoms with Crippen molar-refractivity contribution in [2.45, 2.75) is 6.92 Å². The van der Waals surface area contributed by atoms with Crippen molar-refractivity contribution in [1.82, 2.24) is 0 Å². The van der Waals surface area contributed by atoms with E-state index in [0.29, 0.717) is 22.0 Å². The molecule has 0 saturated heterocycles. The Balaban J connectivity index is 1.78. The summed E-state index contributed by atoms with van der Waals surface area (Å²) < 4.78 is 15.6. The van der Waals surface area contributed by atoms with E-state index in [9.17, 15) is 14.4 Å². The van der Waals surface area contributed by atoms with Crippen molar-refractivity contribution in [1.29, 1.82) is 0 Å². The fourth-order valence-electron chi connectivity index (χ4n) is 2.47. The van der Waals surface area contributed by atoms with Crippen LogP contribution in [0.3, 0.4) is 0 Å². The van der Waals surface area contributed by atoms with Crippen LogP contribution in [-0.2, 0) is 4.74 Å². The molecule has 0 saturated carbocycles. The Labute approximate surface area is 164 Å². The van der Waals surface area contributed by atoms with Crippen molar-refractivity contribution in [3.63, 3.8) is 0 Å². The van der Waals surface area contributed by atoms with E-state index in [2.05, 4.69) is 10.1 Å². The molecule has 1 N–H and O–H groups in total. The second-order valence-electron chi connectivity index (χ2n) is 5.69. The first-order valence-electron chi connectivity index (χ1n) is 8.36. The average Bonchev–Trinajstić information content (AvgIpc) is 3.07. The Morgan fingerprint density at radius 3 is 2.57 bits per heavy atom. The van der Waals surface area contributed by atoms with Crippen LogP contribution in [0.15, 0.2) is 45.6 Å². The minimum Gasteiger partial charge on any atom is -0.494 e. The zero-order valence-electron chi connectivity index (χ0n) is 15.5. The van der Waals surface area contributed by atoms with Gasteiger partial charge in [-0.2, -0.15) is 0 Å². The lowest BCUT2D eigenvalue weighted by Crippen LogP contribution is -2.30. The molecule has 0 radical (unpaired) electrons. The summed E-state index contributed by atoms with van der Waals surface area (Å²) in [6.45, 7) is 2.46. The van der Waals surface area contributed by atoms with Crippen LogP contribution < -0.4 is 20.6 Å². The molecule has 8 nitrogen and oxygen atoms in total. The van der Waals surface area contributed by atoms with Crippen LogP contribution in [0.1, 0.15) is 17.3 Å². The van der Waals surface area contributed by atoms with Crippen LogP contribution in [0.25, 0.3) is 10.3 Å². The predicted molar refractivity (Wildman–Crippen MR) is 107 cm³/mol. The SMILES string of the molecule is CCOc1ccc(N(C)C(=O)Nc2cc3oc(=O)c(C(=O)OC)cc3s2)cc1. The molecule has 28 heavy (non-hydrogen) atoms. The highest BCUT2D eigenvalue weighted by molar-refractivity contribution is 7.22. The summed E-state index contributed by atoms with van der Waals surface area (Å²) in [7, 11) is 2.82. The molecule has 0 aliphatic carbocycles. The van der Waals surface area contributed by atoms with Gasteiger partial charge in [-0.15, -0.1) is 11.3 Å². The lowest BCUT2D eigenvalue weighted by Gasteiger charge is -2.17. The highest BCUT2D eigenvalue weighted by Gasteiger charge is 2.17. The molecule has 3 rings (SSSR count). The van der Waals surface area contributed by atoms with Gasteiger partial charge >= 0.3 is 17.6 Å². The Bertz CT molecular complexity index is 1070. The number of methoxy groups -OCH3 is 1. The maximum atomic E-state index is 12.5. The van der Waals surface area contributed by atoms with E-state index >= 15 is 0 Å². The Hall–Kier alpha value is -3.33. The Morgan fingerprint density at radius 1 is 1.21 bits per heavy atom. The van der Waals surface area contributed by atoms with Gasteiger partial charge in [0.2, 0.25) is 0 Å². The molecule has 0 aliphatic rings. The van der Waals surface area contributed by atoms with Crippen molar-refractivity contribution in [2.75, 3.05) is 31.0 Å². The summed E-state index contributed by atoms with van der Waals surface area (Å²) in [5.74, 6) is -0.0501.